The fourth-order valence-corrected chi connectivity index (χ4v) is 4.02. The van der Waals surface area contributed by atoms with Gasteiger partial charge in [0.1, 0.15) is 18.2 Å². The molecule has 0 bridgehead atoms. The summed E-state index contributed by atoms with van der Waals surface area (Å²) in [6.45, 7) is -1.73. The van der Waals surface area contributed by atoms with E-state index in [0.29, 0.717) is 11.6 Å². The van der Waals surface area contributed by atoms with Gasteiger partial charge in [-0.25, -0.2) is 13.6 Å². The van der Waals surface area contributed by atoms with E-state index in [0.717, 1.165) is 24.3 Å². The molecule has 3 aromatic carbocycles. The molecule has 0 saturated carbocycles. The molecule has 0 heterocycles. The van der Waals surface area contributed by atoms with E-state index in [9.17, 15) is 39.9 Å². The van der Waals surface area contributed by atoms with Crippen LogP contribution in [0.2, 0.25) is 0 Å². The van der Waals surface area contributed by atoms with Crippen LogP contribution in [0.5, 0.6) is 0 Å². The highest BCUT2D eigenvalue weighted by atomic mass is 79.9. The number of urea groups is 1. The van der Waals surface area contributed by atoms with Crippen molar-refractivity contribution in [3.05, 3.63) is 105 Å². The number of halogens is 9. The van der Waals surface area contributed by atoms with Crippen molar-refractivity contribution in [1.29, 1.82) is 0 Å². The van der Waals surface area contributed by atoms with Gasteiger partial charge >= 0.3 is 18.4 Å². The first-order valence-corrected chi connectivity index (χ1v) is 11.0. The number of hydrogen-bond donors (Lipinski definition) is 2. The molecule has 192 valence electrons. The summed E-state index contributed by atoms with van der Waals surface area (Å²) in [6, 6.07) is 11.4. The third-order valence-corrected chi connectivity index (χ3v) is 5.83. The lowest BCUT2D eigenvalue weighted by Crippen LogP contribution is -2.53. The largest absolute Gasteiger partial charge is 0.416 e. The number of amides is 2. The number of carbonyl (C=O) groups excluding carboxylic acids is 1. The highest BCUT2D eigenvalue weighted by Crippen LogP contribution is 2.39. The molecule has 12 heteroatoms. The van der Waals surface area contributed by atoms with Gasteiger partial charge in [-0.1, -0.05) is 36.4 Å². The molecule has 3 rings (SSSR count). The van der Waals surface area contributed by atoms with E-state index >= 15 is 0 Å². The standard InChI is InChI=1S/C24H17BrF8N2O/c25-19-11-15(6-7-20(19)27)22(12-14-4-2-1-3-5-14,35-21(36)34-13-23(28,29)30)16-8-17(24(31,32)33)10-18(26)9-16/h1-11H,12-13H2,(H2,34,35,36)/t22-/m1/s1. The van der Waals surface area contributed by atoms with E-state index in [-0.39, 0.29) is 22.5 Å². The summed E-state index contributed by atoms with van der Waals surface area (Å²) in [5.41, 5.74) is -3.42. The van der Waals surface area contributed by atoms with Crippen LogP contribution in [0.15, 0.2) is 71.2 Å². The number of alkyl halides is 6. The molecule has 0 aliphatic carbocycles. The topological polar surface area (TPSA) is 41.1 Å². The van der Waals surface area contributed by atoms with Gasteiger partial charge in [0.25, 0.3) is 0 Å². The third kappa shape index (κ3) is 6.74. The van der Waals surface area contributed by atoms with Gasteiger partial charge < -0.3 is 10.6 Å². The molecule has 0 radical (unpaired) electrons. The molecule has 0 saturated heterocycles. The smallest absolute Gasteiger partial charge is 0.329 e. The first kappa shape index (κ1) is 27.4. The minimum Gasteiger partial charge on any atom is -0.329 e. The van der Waals surface area contributed by atoms with Gasteiger partial charge in [-0.05, 0) is 63.0 Å². The SMILES string of the molecule is O=C(NCC(F)(F)F)N[C@@](Cc1ccccc1)(c1cc(F)cc(C(F)(F)F)c1)c1ccc(F)c(Br)c1. The van der Waals surface area contributed by atoms with Crippen LogP contribution in [0, 0.1) is 11.6 Å². The Bertz CT molecular complexity index is 1230. The van der Waals surface area contributed by atoms with Crippen molar-refractivity contribution < 1.29 is 39.9 Å². The molecule has 2 amide bonds. The van der Waals surface area contributed by atoms with Gasteiger partial charge in [-0.15, -0.1) is 0 Å². The van der Waals surface area contributed by atoms with Crippen LogP contribution >= 0.6 is 15.9 Å². The normalized spacial score (nSPS) is 13.7. The maximum Gasteiger partial charge on any atom is 0.416 e. The van der Waals surface area contributed by atoms with E-state index in [1.165, 1.54) is 0 Å². The first-order valence-electron chi connectivity index (χ1n) is 10.2. The van der Waals surface area contributed by atoms with Crippen molar-refractivity contribution in [2.45, 2.75) is 24.3 Å². The molecular formula is C24H17BrF8N2O. The van der Waals surface area contributed by atoms with Crippen molar-refractivity contribution in [2.24, 2.45) is 0 Å². The average molecular weight is 581 g/mol. The molecule has 0 aliphatic rings. The molecule has 3 nitrogen and oxygen atoms in total. The van der Waals surface area contributed by atoms with E-state index in [1.807, 2.05) is 0 Å². The zero-order valence-electron chi connectivity index (χ0n) is 18.1. The number of rotatable bonds is 6. The summed E-state index contributed by atoms with van der Waals surface area (Å²) in [7, 11) is 0. The molecule has 36 heavy (non-hydrogen) atoms. The van der Waals surface area contributed by atoms with Crippen molar-refractivity contribution in [1.82, 2.24) is 10.6 Å². The predicted molar refractivity (Wildman–Crippen MR) is 119 cm³/mol. The fraction of sp³-hybridized carbons (Fsp3) is 0.208. The molecule has 0 unspecified atom stereocenters. The zero-order valence-corrected chi connectivity index (χ0v) is 19.7. The van der Waals surface area contributed by atoms with Crippen LogP contribution in [0.1, 0.15) is 22.3 Å². The lowest BCUT2D eigenvalue weighted by molar-refractivity contribution is -0.137. The van der Waals surface area contributed by atoms with Crippen LogP contribution in [0.25, 0.3) is 0 Å². The molecule has 0 fully saturated rings. The Morgan fingerprint density at radius 1 is 0.806 bits per heavy atom. The monoisotopic (exact) mass is 580 g/mol. The summed E-state index contributed by atoms with van der Waals surface area (Å²) in [5, 5.41) is 3.92. The highest BCUT2D eigenvalue weighted by molar-refractivity contribution is 9.10. The molecular weight excluding hydrogens is 564 g/mol. The highest BCUT2D eigenvalue weighted by Gasteiger charge is 2.40. The van der Waals surface area contributed by atoms with Gasteiger partial charge in [0.05, 0.1) is 15.6 Å². The summed E-state index contributed by atoms with van der Waals surface area (Å²) in [4.78, 5) is 12.6. The quantitative estimate of drug-likeness (QED) is 0.300. The number of hydrogen-bond acceptors (Lipinski definition) is 1. The molecule has 0 aromatic heterocycles. The van der Waals surface area contributed by atoms with Gasteiger partial charge in [0.2, 0.25) is 0 Å². The zero-order chi connectivity index (χ0) is 26.7. The van der Waals surface area contributed by atoms with Crippen molar-refractivity contribution in [3.8, 4) is 0 Å². The minimum absolute atomic E-state index is 0.0134. The molecule has 3 aromatic rings. The van der Waals surface area contributed by atoms with Crippen LogP contribution in [0.4, 0.5) is 39.9 Å². The van der Waals surface area contributed by atoms with Crippen LogP contribution in [-0.4, -0.2) is 18.8 Å². The van der Waals surface area contributed by atoms with Gasteiger partial charge in [0, 0.05) is 6.42 Å². The maximum atomic E-state index is 14.5. The van der Waals surface area contributed by atoms with E-state index in [1.54, 1.807) is 35.6 Å². The maximum absolute atomic E-state index is 14.5. The van der Waals surface area contributed by atoms with E-state index in [4.69, 9.17) is 0 Å². The minimum atomic E-state index is -4.97. The van der Waals surface area contributed by atoms with Gasteiger partial charge in [-0.2, -0.15) is 26.3 Å². The first-order chi connectivity index (χ1) is 16.7. The van der Waals surface area contributed by atoms with E-state index < -0.39 is 53.2 Å². The van der Waals surface area contributed by atoms with Crippen molar-refractivity contribution in [3.63, 3.8) is 0 Å². The number of nitrogens with one attached hydrogen (secondary N) is 2. The summed E-state index contributed by atoms with van der Waals surface area (Å²) in [6.07, 6.45) is -10.1. The Hall–Kier alpha value is -3.15. The van der Waals surface area contributed by atoms with Gasteiger partial charge in [0.15, 0.2) is 0 Å². The summed E-state index contributed by atoms with van der Waals surface area (Å²) < 4.78 is 107. The predicted octanol–water partition coefficient (Wildman–Crippen LogP) is 7.09. The fourth-order valence-electron chi connectivity index (χ4n) is 3.64. The van der Waals surface area contributed by atoms with Crippen LogP contribution in [0.3, 0.4) is 0 Å². The van der Waals surface area contributed by atoms with E-state index in [2.05, 4.69) is 21.2 Å². The second-order valence-corrected chi connectivity index (χ2v) is 8.70. The van der Waals surface area contributed by atoms with Crippen LogP contribution in [-0.2, 0) is 18.1 Å². The lowest BCUT2D eigenvalue weighted by atomic mass is 9.77. The lowest BCUT2D eigenvalue weighted by Gasteiger charge is -2.37. The second kappa shape index (κ2) is 10.5. The molecule has 0 aliphatic heterocycles. The second-order valence-electron chi connectivity index (χ2n) is 7.85. The molecule has 0 spiro atoms. The van der Waals surface area contributed by atoms with Crippen molar-refractivity contribution in [2.75, 3.05) is 6.54 Å². The Labute approximate surface area is 208 Å². The van der Waals surface area contributed by atoms with Crippen LogP contribution < -0.4 is 10.6 Å². The number of benzene rings is 3. The summed E-state index contributed by atoms with van der Waals surface area (Å²) >= 11 is 2.97. The van der Waals surface area contributed by atoms with Crippen molar-refractivity contribution >= 4 is 22.0 Å². The Morgan fingerprint density at radius 2 is 1.44 bits per heavy atom. The Balaban J connectivity index is 2.28. The number of carbonyl (C=O) groups is 1. The average Bonchev–Trinajstić information content (AvgIpc) is 2.78. The Kier molecular flexibility index (Phi) is 7.97. The Morgan fingerprint density at radius 3 is 2.03 bits per heavy atom. The summed E-state index contributed by atoms with van der Waals surface area (Å²) in [5.74, 6) is -2.04. The molecule has 2 N–H and O–H groups in total. The molecule has 1 atom stereocenters. The third-order valence-electron chi connectivity index (χ3n) is 5.22. The van der Waals surface area contributed by atoms with Gasteiger partial charge in [-0.3, -0.25) is 0 Å².